The van der Waals surface area contributed by atoms with Crippen LogP contribution in [0.1, 0.15) is 12.0 Å². The van der Waals surface area contributed by atoms with E-state index in [0.717, 1.165) is 11.3 Å². The molecule has 0 N–H and O–H groups in total. The topological polar surface area (TPSA) is 17.1 Å². The zero-order valence-corrected chi connectivity index (χ0v) is 8.64. The van der Waals surface area contributed by atoms with Gasteiger partial charge in [-0.25, -0.2) is 0 Å². The molecule has 0 heterocycles. The zero-order chi connectivity index (χ0) is 9.68. The summed E-state index contributed by atoms with van der Waals surface area (Å²) >= 11 is 0. The first-order valence-electron chi connectivity index (χ1n) is 4.30. The Morgan fingerprint density at radius 2 is 2.00 bits per heavy atom. The van der Waals surface area contributed by atoms with E-state index in [-0.39, 0.29) is 0 Å². The molecule has 1 atom stereocenters. The number of aryl methyl sites for hydroxylation is 1. The first-order chi connectivity index (χ1) is 6.24. The van der Waals surface area contributed by atoms with Gasteiger partial charge in [0.2, 0.25) is 0 Å². The number of benzene rings is 1. The van der Waals surface area contributed by atoms with Crippen LogP contribution >= 0.6 is 0 Å². The highest BCUT2D eigenvalue weighted by atomic mass is 32.2. The van der Waals surface area contributed by atoms with E-state index < -0.39 is 10.8 Å². The average Bonchev–Trinajstić information content (AvgIpc) is 2.15. The van der Waals surface area contributed by atoms with Gasteiger partial charge in [0.1, 0.15) is 0 Å². The van der Waals surface area contributed by atoms with Crippen LogP contribution in [0.2, 0.25) is 0 Å². The van der Waals surface area contributed by atoms with Gasteiger partial charge in [0, 0.05) is 10.6 Å². The SMILES string of the molecule is C=CCCS(=O)c1ccc(C)cc1. The highest BCUT2D eigenvalue weighted by Gasteiger charge is 2.00. The molecule has 1 unspecified atom stereocenters. The van der Waals surface area contributed by atoms with Crippen molar-refractivity contribution in [2.24, 2.45) is 0 Å². The van der Waals surface area contributed by atoms with Gasteiger partial charge in [-0.3, -0.25) is 4.21 Å². The van der Waals surface area contributed by atoms with Crippen molar-refractivity contribution in [3.05, 3.63) is 42.5 Å². The normalized spacial score (nSPS) is 12.4. The van der Waals surface area contributed by atoms with E-state index in [4.69, 9.17) is 0 Å². The molecule has 0 spiro atoms. The Hall–Kier alpha value is -0.890. The third-order valence-corrected chi connectivity index (χ3v) is 3.20. The van der Waals surface area contributed by atoms with Crippen molar-refractivity contribution in [3.8, 4) is 0 Å². The highest BCUT2D eigenvalue weighted by molar-refractivity contribution is 7.85. The third kappa shape index (κ3) is 3.15. The molecule has 2 heteroatoms. The third-order valence-electron chi connectivity index (χ3n) is 1.79. The van der Waals surface area contributed by atoms with Gasteiger partial charge < -0.3 is 0 Å². The molecule has 0 saturated heterocycles. The van der Waals surface area contributed by atoms with Crippen LogP contribution in [0.25, 0.3) is 0 Å². The van der Waals surface area contributed by atoms with Crippen LogP contribution in [-0.4, -0.2) is 9.96 Å². The molecule has 1 aromatic rings. The molecule has 0 amide bonds. The molecule has 1 aromatic carbocycles. The van der Waals surface area contributed by atoms with Crippen molar-refractivity contribution in [2.75, 3.05) is 5.75 Å². The lowest BCUT2D eigenvalue weighted by Crippen LogP contribution is -1.96. The largest absolute Gasteiger partial charge is 0.254 e. The second kappa shape index (κ2) is 4.97. The Balaban J connectivity index is 2.66. The maximum Gasteiger partial charge on any atom is 0.0532 e. The molecular formula is C11H14OS. The fourth-order valence-corrected chi connectivity index (χ4v) is 2.05. The van der Waals surface area contributed by atoms with Crippen molar-refractivity contribution in [1.82, 2.24) is 0 Å². The molecule has 0 aliphatic carbocycles. The zero-order valence-electron chi connectivity index (χ0n) is 7.82. The summed E-state index contributed by atoms with van der Waals surface area (Å²) in [7, 11) is -0.863. The summed E-state index contributed by atoms with van der Waals surface area (Å²) in [5, 5.41) is 0. The molecule has 1 rings (SSSR count). The maximum absolute atomic E-state index is 11.6. The maximum atomic E-state index is 11.6. The Bertz CT molecular complexity index is 300. The number of hydrogen-bond donors (Lipinski definition) is 0. The number of rotatable bonds is 4. The predicted octanol–water partition coefficient (Wildman–Crippen LogP) is 2.68. The summed E-state index contributed by atoms with van der Waals surface area (Å²) in [6.45, 7) is 5.63. The first kappa shape index (κ1) is 10.2. The van der Waals surface area contributed by atoms with E-state index in [1.54, 1.807) is 6.08 Å². The van der Waals surface area contributed by atoms with Crippen molar-refractivity contribution in [2.45, 2.75) is 18.2 Å². The van der Waals surface area contributed by atoms with Crippen molar-refractivity contribution >= 4 is 10.8 Å². The van der Waals surface area contributed by atoms with Gasteiger partial charge in [0.05, 0.1) is 10.8 Å². The average molecular weight is 194 g/mol. The summed E-state index contributed by atoms with van der Waals surface area (Å²) in [6.07, 6.45) is 2.60. The molecular weight excluding hydrogens is 180 g/mol. The van der Waals surface area contributed by atoms with Gasteiger partial charge in [-0.15, -0.1) is 6.58 Å². The van der Waals surface area contributed by atoms with Crippen molar-refractivity contribution < 1.29 is 4.21 Å². The summed E-state index contributed by atoms with van der Waals surface area (Å²) in [6, 6.07) is 7.82. The van der Waals surface area contributed by atoms with Gasteiger partial charge in [-0.05, 0) is 25.5 Å². The van der Waals surface area contributed by atoms with Gasteiger partial charge in [0.15, 0.2) is 0 Å². The molecule has 70 valence electrons. The lowest BCUT2D eigenvalue weighted by atomic mass is 10.2. The molecule has 0 saturated carbocycles. The van der Waals surface area contributed by atoms with E-state index in [0.29, 0.717) is 5.75 Å². The molecule has 0 fully saturated rings. The van der Waals surface area contributed by atoms with E-state index in [2.05, 4.69) is 6.58 Å². The van der Waals surface area contributed by atoms with Crippen LogP contribution in [0.4, 0.5) is 0 Å². The van der Waals surface area contributed by atoms with Crippen LogP contribution in [0.3, 0.4) is 0 Å². The minimum atomic E-state index is -0.863. The Kier molecular flexibility index (Phi) is 3.90. The molecule has 0 aliphatic rings. The van der Waals surface area contributed by atoms with E-state index in [9.17, 15) is 4.21 Å². The van der Waals surface area contributed by atoms with E-state index in [1.807, 2.05) is 31.2 Å². The Morgan fingerprint density at radius 3 is 2.54 bits per heavy atom. The second-order valence-electron chi connectivity index (χ2n) is 2.94. The summed E-state index contributed by atoms with van der Waals surface area (Å²) < 4.78 is 11.6. The van der Waals surface area contributed by atoms with Crippen LogP contribution in [0.15, 0.2) is 41.8 Å². The minimum Gasteiger partial charge on any atom is -0.254 e. The molecule has 13 heavy (non-hydrogen) atoms. The quantitative estimate of drug-likeness (QED) is 0.673. The van der Waals surface area contributed by atoms with Crippen molar-refractivity contribution in [3.63, 3.8) is 0 Å². The standard InChI is InChI=1S/C11H14OS/c1-3-4-9-13(12)11-7-5-10(2)6-8-11/h3,5-8H,1,4,9H2,2H3. The van der Waals surface area contributed by atoms with E-state index in [1.165, 1.54) is 5.56 Å². The molecule has 0 aliphatic heterocycles. The van der Waals surface area contributed by atoms with Crippen LogP contribution < -0.4 is 0 Å². The van der Waals surface area contributed by atoms with Gasteiger partial charge in [-0.2, -0.15) is 0 Å². The summed E-state index contributed by atoms with van der Waals surface area (Å²) in [5.41, 5.74) is 1.20. The first-order valence-corrected chi connectivity index (χ1v) is 5.62. The highest BCUT2D eigenvalue weighted by Crippen LogP contribution is 2.08. The fraction of sp³-hybridized carbons (Fsp3) is 0.273. The summed E-state index contributed by atoms with van der Waals surface area (Å²) in [5.74, 6) is 0.673. The molecule has 0 aromatic heterocycles. The lowest BCUT2D eigenvalue weighted by Gasteiger charge is -2.00. The van der Waals surface area contributed by atoms with Crippen LogP contribution in [0.5, 0.6) is 0 Å². The monoisotopic (exact) mass is 194 g/mol. The predicted molar refractivity (Wildman–Crippen MR) is 57.3 cm³/mol. The fourth-order valence-electron chi connectivity index (χ4n) is 0.998. The Morgan fingerprint density at radius 1 is 1.38 bits per heavy atom. The lowest BCUT2D eigenvalue weighted by molar-refractivity contribution is 0.682. The molecule has 1 nitrogen and oxygen atoms in total. The smallest absolute Gasteiger partial charge is 0.0532 e. The number of allylic oxidation sites excluding steroid dienone is 1. The van der Waals surface area contributed by atoms with Gasteiger partial charge in [-0.1, -0.05) is 23.8 Å². The van der Waals surface area contributed by atoms with E-state index >= 15 is 0 Å². The van der Waals surface area contributed by atoms with Crippen molar-refractivity contribution in [1.29, 1.82) is 0 Å². The molecule has 0 bridgehead atoms. The van der Waals surface area contributed by atoms with Crippen LogP contribution in [0, 0.1) is 6.92 Å². The van der Waals surface area contributed by atoms with Crippen LogP contribution in [-0.2, 0) is 10.8 Å². The summed E-state index contributed by atoms with van der Waals surface area (Å²) in [4.78, 5) is 0.910. The Labute approximate surface area is 81.9 Å². The van der Waals surface area contributed by atoms with Gasteiger partial charge >= 0.3 is 0 Å². The number of hydrogen-bond acceptors (Lipinski definition) is 1. The minimum absolute atomic E-state index is 0.673. The second-order valence-corrected chi connectivity index (χ2v) is 4.51. The van der Waals surface area contributed by atoms with Gasteiger partial charge in [0.25, 0.3) is 0 Å². The molecule has 0 radical (unpaired) electrons.